The predicted molar refractivity (Wildman–Crippen MR) is 97.8 cm³/mol. The fourth-order valence-corrected chi connectivity index (χ4v) is 2.11. The van der Waals surface area contributed by atoms with Crippen molar-refractivity contribution in [2.45, 2.75) is 13.8 Å². The van der Waals surface area contributed by atoms with Gasteiger partial charge in [0.1, 0.15) is 0 Å². The molecule has 0 bridgehead atoms. The molecule has 3 N–H and O–H groups in total. The van der Waals surface area contributed by atoms with Crippen molar-refractivity contribution in [1.82, 2.24) is 10.6 Å². The molecule has 0 spiro atoms. The zero-order valence-electron chi connectivity index (χ0n) is 14.3. The van der Waals surface area contributed by atoms with E-state index in [2.05, 4.69) is 20.0 Å². The van der Waals surface area contributed by atoms with E-state index in [1.807, 2.05) is 0 Å². The molecular weight excluding hydrogens is 403 g/mol. The van der Waals surface area contributed by atoms with E-state index in [9.17, 15) is 19.2 Å². The Hall–Kier alpha value is -2.85. The lowest BCUT2D eigenvalue weighted by Crippen LogP contribution is -2.46. The Labute approximate surface area is 164 Å². The fraction of sp³-hybridized carbons (Fsp3) is 0.267. The van der Waals surface area contributed by atoms with Crippen LogP contribution in [0.3, 0.4) is 0 Å². The van der Waals surface area contributed by atoms with Crippen LogP contribution < -0.4 is 16.1 Å². The number of rotatable bonds is 6. The summed E-state index contributed by atoms with van der Waals surface area (Å²) in [5.41, 5.74) is 1.80. The van der Waals surface area contributed by atoms with Crippen molar-refractivity contribution >= 4 is 58.6 Å². The number of imide groups is 2. The van der Waals surface area contributed by atoms with Gasteiger partial charge < -0.3 is 9.47 Å². The smallest absolute Gasteiger partial charge is 0.414 e. The average Bonchev–Trinajstić information content (AvgIpc) is 2.54. The largest absolute Gasteiger partial charge is 0.450 e. The quantitative estimate of drug-likeness (QED) is 0.366. The van der Waals surface area contributed by atoms with Crippen molar-refractivity contribution < 1.29 is 28.7 Å². The third kappa shape index (κ3) is 7.92. The Balaban J connectivity index is 3.03. The lowest BCUT2D eigenvalue weighted by molar-refractivity contribution is -0.118. The van der Waals surface area contributed by atoms with Crippen molar-refractivity contribution in [3.05, 3.63) is 28.2 Å². The third-order valence-corrected chi connectivity index (χ3v) is 3.01. The number of benzene rings is 1. The molecule has 4 amide bonds. The predicted octanol–water partition coefficient (Wildman–Crippen LogP) is 2.31. The van der Waals surface area contributed by atoms with Gasteiger partial charge in [0.15, 0.2) is 0 Å². The molecular formula is C15H16Cl2N4O6. The lowest BCUT2D eigenvalue weighted by Gasteiger charge is -2.09. The minimum atomic E-state index is -1.21. The lowest BCUT2D eigenvalue weighted by atomic mass is 10.3. The number of carbonyl (C=O) groups excluding carboxylic acids is 4. The molecule has 0 unspecified atom stereocenters. The first-order chi connectivity index (χ1) is 12.8. The van der Waals surface area contributed by atoms with Crippen molar-refractivity contribution in [1.29, 1.82) is 0 Å². The first-order valence-electron chi connectivity index (χ1n) is 7.52. The van der Waals surface area contributed by atoms with E-state index < -0.39 is 29.7 Å². The van der Waals surface area contributed by atoms with Crippen LogP contribution in [-0.4, -0.2) is 42.9 Å². The normalized spacial score (nSPS) is 9.63. The molecule has 0 aromatic heterocycles. The molecule has 0 heterocycles. The highest BCUT2D eigenvalue weighted by molar-refractivity contribution is 6.66. The van der Waals surface area contributed by atoms with E-state index in [1.54, 1.807) is 10.6 Å². The number of hydrogen-bond donors (Lipinski definition) is 3. The highest BCUT2D eigenvalue weighted by Crippen LogP contribution is 2.22. The summed E-state index contributed by atoms with van der Waals surface area (Å²) in [5, 5.41) is 7.74. The Morgan fingerprint density at radius 2 is 1.33 bits per heavy atom. The van der Waals surface area contributed by atoms with Crippen LogP contribution in [0.25, 0.3) is 0 Å². The summed E-state index contributed by atoms with van der Waals surface area (Å²) in [7, 11) is 0. The van der Waals surface area contributed by atoms with Crippen LogP contribution in [-0.2, 0) is 19.1 Å². The first-order valence-corrected chi connectivity index (χ1v) is 8.28. The monoisotopic (exact) mass is 418 g/mol. The molecule has 1 aromatic carbocycles. The standard InChI is InChI=1S/C15H16Cl2N4O6/c1-3-26-14(24)18-12(22)11(13(23)19-15(25)27-4-2)21-20-10-6-8(16)5-9(17)7-10/h5-7,20H,3-4H2,1-2H3,(H,18,22,24)(H,19,23,25). The molecule has 27 heavy (non-hydrogen) atoms. The zero-order chi connectivity index (χ0) is 20.4. The van der Waals surface area contributed by atoms with E-state index in [1.165, 1.54) is 32.0 Å². The second-order valence-electron chi connectivity index (χ2n) is 4.58. The molecule has 1 rings (SSSR count). The summed E-state index contributed by atoms with van der Waals surface area (Å²) in [5.74, 6) is -2.42. The van der Waals surface area contributed by atoms with Gasteiger partial charge in [-0.1, -0.05) is 23.2 Å². The SMILES string of the molecule is CCOC(=O)NC(=O)C(=NNc1cc(Cl)cc(Cl)c1)C(=O)NC(=O)OCC. The Bertz CT molecular complexity index is 714. The van der Waals surface area contributed by atoms with E-state index in [-0.39, 0.29) is 28.9 Å². The molecule has 1 aromatic rings. The summed E-state index contributed by atoms with van der Waals surface area (Å²) in [4.78, 5) is 47.0. The van der Waals surface area contributed by atoms with Crippen LogP contribution in [0.1, 0.15) is 13.8 Å². The zero-order valence-corrected chi connectivity index (χ0v) is 15.8. The summed E-state index contributed by atoms with van der Waals surface area (Å²) in [6, 6.07) is 4.29. The number of carbonyl (C=O) groups is 4. The number of amides is 4. The summed E-state index contributed by atoms with van der Waals surface area (Å²) in [6.45, 7) is 3.05. The van der Waals surface area contributed by atoms with Gasteiger partial charge in [-0.25, -0.2) is 9.59 Å². The number of nitrogens with zero attached hydrogens (tertiary/aromatic N) is 1. The fourth-order valence-electron chi connectivity index (χ4n) is 1.58. The average molecular weight is 419 g/mol. The molecule has 0 saturated carbocycles. The van der Waals surface area contributed by atoms with E-state index in [0.717, 1.165) is 0 Å². The van der Waals surface area contributed by atoms with E-state index in [0.29, 0.717) is 0 Å². The van der Waals surface area contributed by atoms with Gasteiger partial charge in [0.25, 0.3) is 11.8 Å². The van der Waals surface area contributed by atoms with Gasteiger partial charge in [-0.15, -0.1) is 0 Å². The van der Waals surface area contributed by atoms with Crippen LogP contribution in [0.4, 0.5) is 15.3 Å². The van der Waals surface area contributed by atoms with Gasteiger partial charge in [-0.05, 0) is 32.0 Å². The second-order valence-corrected chi connectivity index (χ2v) is 5.45. The van der Waals surface area contributed by atoms with Gasteiger partial charge in [0.05, 0.1) is 18.9 Å². The Morgan fingerprint density at radius 1 is 0.889 bits per heavy atom. The number of alkyl carbamates (subject to hydrolysis) is 2. The molecule has 146 valence electrons. The van der Waals surface area contributed by atoms with Crippen LogP contribution in [0.5, 0.6) is 0 Å². The van der Waals surface area contributed by atoms with Crippen LogP contribution in [0.2, 0.25) is 10.0 Å². The number of nitrogens with one attached hydrogen (secondary N) is 3. The van der Waals surface area contributed by atoms with Crippen LogP contribution in [0, 0.1) is 0 Å². The van der Waals surface area contributed by atoms with E-state index >= 15 is 0 Å². The van der Waals surface area contributed by atoms with Crippen LogP contribution >= 0.6 is 23.2 Å². The molecule has 10 nitrogen and oxygen atoms in total. The third-order valence-electron chi connectivity index (χ3n) is 2.57. The summed E-state index contributed by atoms with van der Waals surface area (Å²) < 4.78 is 9.10. The number of hydrogen-bond acceptors (Lipinski definition) is 8. The molecule has 12 heteroatoms. The van der Waals surface area contributed by atoms with Gasteiger partial charge >= 0.3 is 12.2 Å². The number of hydrazone groups is 1. The topological polar surface area (TPSA) is 135 Å². The first kappa shape index (κ1) is 22.2. The maximum Gasteiger partial charge on any atom is 0.414 e. The highest BCUT2D eigenvalue weighted by atomic mass is 35.5. The van der Waals surface area contributed by atoms with Crippen molar-refractivity contribution in [3.63, 3.8) is 0 Å². The highest BCUT2D eigenvalue weighted by Gasteiger charge is 2.25. The Morgan fingerprint density at radius 3 is 1.74 bits per heavy atom. The van der Waals surface area contributed by atoms with Gasteiger partial charge in [0.2, 0.25) is 5.71 Å². The molecule has 0 saturated heterocycles. The molecule has 0 aliphatic carbocycles. The van der Waals surface area contributed by atoms with E-state index in [4.69, 9.17) is 23.2 Å². The van der Waals surface area contributed by atoms with Gasteiger partial charge in [-0.2, -0.15) is 5.10 Å². The maximum absolute atomic E-state index is 12.1. The van der Waals surface area contributed by atoms with Crippen molar-refractivity contribution in [3.8, 4) is 0 Å². The summed E-state index contributed by atoms with van der Waals surface area (Å²) in [6.07, 6.45) is -2.19. The number of ether oxygens (including phenoxy) is 2. The molecule has 0 aliphatic heterocycles. The minimum absolute atomic E-state index is 0.000124. The van der Waals surface area contributed by atoms with Crippen molar-refractivity contribution in [2.24, 2.45) is 5.10 Å². The Kier molecular flexibility index (Phi) is 9.03. The number of anilines is 1. The maximum atomic E-state index is 12.1. The minimum Gasteiger partial charge on any atom is -0.450 e. The van der Waals surface area contributed by atoms with Gasteiger partial charge in [0, 0.05) is 10.0 Å². The molecule has 0 atom stereocenters. The molecule has 0 aliphatic rings. The molecule has 0 fully saturated rings. The second kappa shape index (κ2) is 11.0. The molecule has 0 radical (unpaired) electrons. The van der Waals surface area contributed by atoms with Crippen LogP contribution in [0.15, 0.2) is 23.3 Å². The van der Waals surface area contributed by atoms with Crippen molar-refractivity contribution in [2.75, 3.05) is 18.6 Å². The van der Waals surface area contributed by atoms with Gasteiger partial charge in [-0.3, -0.25) is 25.6 Å². The summed E-state index contributed by atoms with van der Waals surface area (Å²) >= 11 is 11.7. The number of halogens is 2.